The Balaban J connectivity index is 2.01. The molecule has 0 bridgehead atoms. The minimum absolute atomic E-state index is 0.0840. The molecular formula is C13H17N3O. The molecule has 0 spiro atoms. The Labute approximate surface area is 101 Å². The van der Waals surface area contributed by atoms with Crippen LogP contribution in [-0.4, -0.2) is 15.1 Å². The second-order valence-corrected chi connectivity index (χ2v) is 4.20. The lowest BCUT2D eigenvalue weighted by Gasteiger charge is -2.15. The largest absolute Gasteiger partial charge is 0.508 e. The number of phenols is 1. The molecule has 17 heavy (non-hydrogen) atoms. The summed E-state index contributed by atoms with van der Waals surface area (Å²) in [6.07, 6.45) is 3.52. The van der Waals surface area contributed by atoms with Crippen molar-refractivity contribution in [3.8, 4) is 5.75 Å². The number of hydrogen-bond donors (Lipinski definition) is 3. The molecule has 2 rings (SSSR count). The van der Waals surface area contributed by atoms with E-state index < -0.39 is 0 Å². The zero-order chi connectivity index (χ0) is 12.3. The van der Waals surface area contributed by atoms with Crippen molar-refractivity contribution in [1.82, 2.24) is 15.3 Å². The molecule has 0 aliphatic carbocycles. The number of benzene rings is 1. The van der Waals surface area contributed by atoms with Crippen molar-refractivity contribution in [1.29, 1.82) is 0 Å². The maximum absolute atomic E-state index is 9.86. The van der Waals surface area contributed by atoms with E-state index in [0.29, 0.717) is 12.3 Å². The first-order chi connectivity index (χ1) is 8.16. The Kier molecular flexibility index (Phi) is 3.44. The predicted molar refractivity (Wildman–Crippen MR) is 66.7 cm³/mol. The molecule has 0 fully saturated rings. The van der Waals surface area contributed by atoms with Crippen LogP contribution < -0.4 is 5.32 Å². The number of phenolic OH excluding ortho intramolecular Hbond substituents is 1. The third kappa shape index (κ3) is 2.85. The van der Waals surface area contributed by atoms with Crippen LogP contribution in [0.5, 0.6) is 5.75 Å². The number of imidazole rings is 1. The lowest BCUT2D eigenvalue weighted by molar-refractivity contribution is 0.451. The molecule has 1 atom stereocenters. The molecule has 0 saturated carbocycles. The Hall–Kier alpha value is -1.81. The summed E-state index contributed by atoms with van der Waals surface area (Å²) in [6, 6.07) is 5.81. The second-order valence-electron chi connectivity index (χ2n) is 4.20. The summed E-state index contributed by atoms with van der Waals surface area (Å²) in [5, 5.41) is 13.2. The molecule has 0 saturated heterocycles. The van der Waals surface area contributed by atoms with Crippen LogP contribution in [-0.2, 0) is 6.54 Å². The highest BCUT2D eigenvalue weighted by atomic mass is 16.3. The standard InChI is InChI=1S/C13H17N3O/c1-9-3-4-11(12(17)7-9)10(2)16-8-13-14-5-6-15-13/h3-7,10,16-17H,8H2,1-2H3,(H,14,15). The fourth-order valence-corrected chi connectivity index (χ4v) is 1.77. The molecule has 0 aliphatic heterocycles. The highest BCUT2D eigenvalue weighted by Crippen LogP contribution is 2.24. The van der Waals surface area contributed by atoms with Crippen molar-refractivity contribution < 1.29 is 5.11 Å². The van der Waals surface area contributed by atoms with Crippen molar-refractivity contribution in [3.63, 3.8) is 0 Å². The average molecular weight is 231 g/mol. The number of H-pyrrole nitrogens is 1. The number of aryl methyl sites for hydroxylation is 1. The van der Waals surface area contributed by atoms with E-state index in [4.69, 9.17) is 0 Å². The lowest BCUT2D eigenvalue weighted by atomic mass is 10.1. The third-order valence-electron chi connectivity index (χ3n) is 2.78. The second kappa shape index (κ2) is 5.01. The molecule has 4 heteroatoms. The van der Waals surface area contributed by atoms with Crippen molar-refractivity contribution in [3.05, 3.63) is 47.5 Å². The number of aromatic nitrogens is 2. The highest BCUT2D eigenvalue weighted by molar-refractivity contribution is 5.37. The molecule has 90 valence electrons. The zero-order valence-electron chi connectivity index (χ0n) is 10.1. The normalized spacial score (nSPS) is 12.6. The van der Waals surface area contributed by atoms with Gasteiger partial charge in [-0.1, -0.05) is 12.1 Å². The van der Waals surface area contributed by atoms with E-state index in [9.17, 15) is 5.11 Å². The van der Waals surface area contributed by atoms with Gasteiger partial charge in [0, 0.05) is 24.0 Å². The van der Waals surface area contributed by atoms with Gasteiger partial charge in [0.05, 0.1) is 6.54 Å². The molecule has 0 amide bonds. The van der Waals surface area contributed by atoms with E-state index >= 15 is 0 Å². The average Bonchev–Trinajstić information content (AvgIpc) is 2.78. The van der Waals surface area contributed by atoms with Gasteiger partial charge in [0.15, 0.2) is 0 Å². The van der Waals surface area contributed by atoms with E-state index in [0.717, 1.165) is 17.0 Å². The summed E-state index contributed by atoms with van der Waals surface area (Å²) in [5.74, 6) is 1.23. The molecular weight excluding hydrogens is 214 g/mol. The van der Waals surface area contributed by atoms with Crippen LogP contribution >= 0.6 is 0 Å². The van der Waals surface area contributed by atoms with E-state index in [1.807, 2.05) is 26.0 Å². The Bertz CT molecular complexity index is 479. The number of hydrogen-bond acceptors (Lipinski definition) is 3. The quantitative estimate of drug-likeness (QED) is 0.756. The lowest BCUT2D eigenvalue weighted by Crippen LogP contribution is -2.18. The SMILES string of the molecule is Cc1ccc(C(C)NCc2ncc[nH]2)c(O)c1. The van der Waals surface area contributed by atoms with Crippen LogP contribution in [0, 0.1) is 6.92 Å². The molecule has 0 aliphatic rings. The van der Waals surface area contributed by atoms with Crippen LogP contribution in [0.3, 0.4) is 0 Å². The van der Waals surface area contributed by atoms with Crippen molar-refractivity contribution in [2.45, 2.75) is 26.4 Å². The van der Waals surface area contributed by atoms with Gasteiger partial charge in [-0.05, 0) is 25.5 Å². The predicted octanol–water partition coefficient (Wildman–Crippen LogP) is 2.27. The van der Waals surface area contributed by atoms with Gasteiger partial charge in [-0.2, -0.15) is 0 Å². The van der Waals surface area contributed by atoms with Gasteiger partial charge >= 0.3 is 0 Å². The zero-order valence-corrected chi connectivity index (χ0v) is 10.1. The van der Waals surface area contributed by atoms with Gasteiger partial charge in [-0.25, -0.2) is 4.98 Å². The molecule has 1 aromatic carbocycles. The maximum atomic E-state index is 9.86. The Morgan fingerprint density at radius 2 is 2.29 bits per heavy atom. The fraction of sp³-hybridized carbons (Fsp3) is 0.308. The molecule has 0 radical (unpaired) electrons. The summed E-state index contributed by atoms with van der Waals surface area (Å²) in [6.45, 7) is 4.64. The van der Waals surface area contributed by atoms with Crippen molar-refractivity contribution >= 4 is 0 Å². The van der Waals surface area contributed by atoms with Crippen LogP contribution in [0.2, 0.25) is 0 Å². The van der Waals surface area contributed by atoms with E-state index in [1.54, 1.807) is 18.5 Å². The number of rotatable bonds is 4. The first-order valence-electron chi connectivity index (χ1n) is 5.68. The van der Waals surface area contributed by atoms with Crippen LogP contribution in [0.15, 0.2) is 30.6 Å². The topological polar surface area (TPSA) is 60.9 Å². The first kappa shape index (κ1) is 11.7. The minimum atomic E-state index is 0.0840. The number of aromatic amines is 1. The Morgan fingerprint density at radius 3 is 2.94 bits per heavy atom. The Morgan fingerprint density at radius 1 is 1.47 bits per heavy atom. The van der Waals surface area contributed by atoms with Gasteiger partial charge in [0.25, 0.3) is 0 Å². The van der Waals surface area contributed by atoms with Crippen molar-refractivity contribution in [2.24, 2.45) is 0 Å². The number of nitrogens with zero attached hydrogens (tertiary/aromatic N) is 1. The van der Waals surface area contributed by atoms with E-state index in [1.165, 1.54) is 0 Å². The summed E-state index contributed by atoms with van der Waals surface area (Å²) in [5.41, 5.74) is 1.96. The first-order valence-corrected chi connectivity index (χ1v) is 5.68. The van der Waals surface area contributed by atoms with Gasteiger partial charge in [0.1, 0.15) is 11.6 Å². The van der Waals surface area contributed by atoms with Gasteiger partial charge < -0.3 is 15.4 Å². The van der Waals surface area contributed by atoms with Gasteiger partial charge in [0.2, 0.25) is 0 Å². The van der Waals surface area contributed by atoms with Gasteiger partial charge in [-0.15, -0.1) is 0 Å². The minimum Gasteiger partial charge on any atom is -0.508 e. The van der Waals surface area contributed by atoms with Gasteiger partial charge in [-0.3, -0.25) is 0 Å². The van der Waals surface area contributed by atoms with E-state index in [-0.39, 0.29) is 6.04 Å². The summed E-state index contributed by atoms with van der Waals surface area (Å²) in [7, 11) is 0. The highest BCUT2D eigenvalue weighted by Gasteiger charge is 2.10. The third-order valence-corrected chi connectivity index (χ3v) is 2.78. The molecule has 1 unspecified atom stereocenters. The van der Waals surface area contributed by atoms with Crippen molar-refractivity contribution in [2.75, 3.05) is 0 Å². The molecule has 1 heterocycles. The van der Waals surface area contributed by atoms with E-state index in [2.05, 4.69) is 15.3 Å². The van der Waals surface area contributed by atoms with Crippen LogP contribution in [0.25, 0.3) is 0 Å². The smallest absolute Gasteiger partial charge is 0.120 e. The summed E-state index contributed by atoms with van der Waals surface area (Å²) >= 11 is 0. The number of nitrogens with one attached hydrogen (secondary N) is 2. The fourth-order valence-electron chi connectivity index (χ4n) is 1.77. The van der Waals surface area contributed by atoms with Crippen LogP contribution in [0.4, 0.5) is 0 Å². The van der Waals surface area contributed by atoms with Crippen LogP contribution in [0.1, 0.15) is 29.9 Å². The molecule has 3 N–H and O–H groups in total. The molecule has 2 aromatic rings. The summed E-state index contributed by atoms with van der Waals surface area (Å²) < 4.78 is 0. The monoisotopic (exact) mass is 231 g/mol. The molecule has 1 aromatic heterocycles. The number of aromatic hydroxyl groups is 1. The summed E-state index contributed by atoms with van der Waals surface area (Å²) in [4.78, 5) is 7.17. The maximum Gasteiger partial charge on any atom is 0.120 e. The molecule has 4 nitrogen and oxygen atoms in total.